The van der Waals surface area contributed by atoms with Crippen LogP contribution in [0.5, 0.6) is 0 Å². The summed E-state index contributed by atoms with van der Waals surface area (Å²) in [5, 5.41) is 9.35. The molecule has 2 aromatic rings. The van der Waals surface area contributed by atoms with Crippen molar-refractivity contribution in [3.05, 3.63) is 36.0 Å². The maximum absolute atomic E-state index is 12.1. The predicted octanol–water partition coefficient (Wildman–Crippen LogP) is 1.29. The van der Waals surface area contributed by atoms with Gasteiger partial charge in [0.05, 0.1) is 24.7 Å². The number of carbonyl (C=O) groups excluding carboxylic acids is 2. The van der Waals surface area contributed by atoms with Gasteiger partial charge in [-0.1, -0.05) is 6.92 Å². The van der Waals surface area contributed by atoms with Crippen LogP contribution in [0.25, 0.3) is 0 Å². The molecule has 0 aromatic carbocycles. The molecule has 106 valence electrons. The quantitative estimate of drug-likeness (QED) is 0.861. The van der Waals surface area contributed by atoms with Crippen LogP contribution in [0.1, 0.15) is 29.6 Å². The largest absolute Gasteiger partial charge is 0.467 e. The van der Waals surface area contributed by atoms with Gasteiger partial charge in [0.25, 0.3) is 5.91 Å². The smallest absolute Gasteiger partial charge is 0.272 e. The highest BCUT2D eigenvalue weighted by Crippen LogP contribution is 2.14. The van der Waals surface area contributed by atoms with Crippen molar-refractivity contribution in [2.24, 2.45) is 7.05 Å². The Morgan fingerprint density at radius 3 is 2.90 bits per heavy atom. The molecule has 7 nitrogen and oxygen atoms in total. The number of aryl methyl sites for hydroxylation is 1. The van der Waals surface area contributed by atoms with Crippen molar-refractivity contribution in [2.75, 3.05) is 5.32 Å². The highest BCUT2D eigenvalue weighted by molar-refractivity contribution is 6.02. The molecule has 0 saturated heterocycles. The molecule has 2 amide bonds. The fourth-order valence-electron chi connectivity index (χ4n) is 1.70. The second-order valence-electron chi connectivity index (χ2n) is 4.19. The summed E-state index contributed by atoms with van der Waals surface area (Å²) in [5.74, 6) is 0.158. The summed E-state index contributed by atoms with van der Waals surface area (Å²) >= 11 is 0. The molecule has 0 unspecified atom stereocenters. The third-order valence-corrected chi connectivity index (χ3v) is 2.75. The summed E-state index contributed by atoms with van der Waals surface area (Å²) in [6.45, 7) is 2.01. The van der Waals surface area contributed by atoms with E-state index in [2.05, 4.69) is 15.7 Å². The Labute approximate surface area is 116 Å². The van der Waals surface area contributed by atoms with Crippen LogP contribution >= 0.6 is 0 Å². The molecular formula is C13H16N4O3. The van der Waals surface area contributed by atoms with E-state index in [-0.39, 0.29) is 18.4 Å². The fourth-order valence-corrected chi connectivity index (χ4v) is 1.70. The fraction of sp³-hybridized carbons (Fsp3) is 0.308. The maximum Gasteiger partial charge on any atom is 0.272 e. The second-order valence-corrected chi connectivity index (χ2v) is 4.19. The lowest BCUT2D eigenvalue weighted by molar-refractivity contribution is -0.115. The summed E-state index contributed by atoms with van der Waals surface area (Å²) < 4.78 is 6.56. The average molecular weight is 276 g/mol. The monoisotopic (exact) mass is 276 g/mol. The lowest BCUT2D eigenvalue weighted by Crippen LogP contribution is -2.26. The molecule has 0 saturated carbocycles. The van der Waals surface area contributed by atoms with Crippen LogP contribution in [0.3, 0.4) is 0 Å². The number of amides is 2. The second kappa shape index (κ2) is 6.05. The summed E-state index contributed by atoms with van der Waals surface area (Å²) in [6.07, 6.45) is 3.33. The normalized spacial score (nSPS) is 10.3. The lowest BCUT2D eigenvalue weighted by Gasteiger charge is -2.07. The highest BCUT2D eigenvalue weighted by Gasteiger charge is 2.18. The number of carbonyl (C=O) groups is 2. The van der Waals surface area contributed by atoms with Gasteiger partial charge in [-0.3, -0.25) is 14.3 Å². The van der Waals surface area contributed by atoms with Crippen LogP contribution in [0.2, 0.25) is 0 Å². The maximum atomic E-state index is 12.1. The molecule has 0 atom stereocenters. The van der Waals surface area contributed by atoms with Crippen LogP contribution in [0, 0.1) is 0 Å². The van der Waals surface area contributed by atoms with Gasteiger partial charge in [0.15, 0.2) is 0 Å². The molecule has 2 rings (SSSR count). The Morgan fingerprint density at radius 2 is 2.25 bits per heavy atom. The molecule has 0 radical (unpaired) electrons. The molecule has 20 heavy (non-hydrogen) atoms. The molecule has 7 heteroatoms. The Balaban J connectivity index is 2.08. The highest BCUT2D eigenvalue weighted by atomic mass is 16.3. The van der Waals surface area contributed by atoms with E-state index >= 15 is 0 Å². The standard InChI is InChI=1S/C13H16N4O3/c1-3-11(18)16-10-8-15-17(2)12(10)13(19)14-7-9-5-4-6-20-9/h4-6,8H,3,7H2,1-2H3,(H,14,19)(H,16,18). The van der Waals surface area contributed by atoms with E-state index in [9.17, 15) is 9.59 Å². The number of furan rings is 1. The van der Waals surface area contributed by atoms with Crippen molar-refractivity contribution in [1.29, 1.82) is 0 Å². The number of nitrogens with one attached hydrogen (secondary N) is 2. The number of nitrogens with zero attached hydrogens (tertiary/aromatic N) is 2. The van der Waals surface area contributed by atoms with Crippen LogP contribution in [-0.2, 0) is 18.4 Å². The van der Waals surface area contributed by atoms with Crippen LogP contribution < -0.4 is 10.6 Å². The first-order valence-electron chi connectivity index (χ1n) is 6.24. The van der Waals surface area contributed by atoms with Crippen molar-refractivity contribution < 1.29 is 14.0 Å². The minimum absolute atomic E-state index is 0.168. The average Bonchev–Trinajstić information content (AvgIpc) is 3.06. The number of hydrogen-bond acceptors (Lipinski definition) is 4. The number of hydrogen-bond donors (Lipinski definition) is 2. The van der Waals surface area contributed by atoms with E-state index in [1.165, 1.54) is 10.9 Å². The van der Waals surface area contributed by atoms with Gasteiger partial charge in [0, 0.05) is 13.5 Å². The van der Waals surface area contributed by atoms with Gasteiger partial charge in [0.2, 0.25) is 5.91 Å². The summed E-state index contributed by atoms with van der Waals surface area (Å²) in [4.78, 5) is 23.6. The number of anilines is 1. The molecule has 0 aliphatic heterocycles. The first-order chi connectivity index (χ1) is 9.61. The predicted molar refractivity (Wildman–Crippen MR) is 72.0 cm³/mol. The SMILES string of the molecule is CCC(=O)Nc1cnn(C)c1C(=O)NCc1ccco1. The van der Waals surface area contributed by atoms with Gasteiger partial charge >= 0.3 is 0 Å². The van der Waals surface area contributed by atoms with E-state index in [0.717, 1.165) is 0 Å². The number of rotatable bonds is 5. The minimum atomic E-state index is -0.326. The molecule has 0 fully saturated rings. The zero-order valence-electron chi connectivity index (χ0n) is 11.3. The van der Waals surface area contributed by atoms with Crippen LogP contribution in [-0.4, -0.2) is 21.6 Å². The first kappa shape index (κ1) is 13.9. The van der Waals surface area contributed by atoms with Gasteiger partial charge in [-0.05, 0) is 12.1 Å². The van der Waals surface area contributed by atoms with Crippen molar-refractivity contribution >= 4 is 17.5 Å². The molecular weight excluding hydrogens is 260 g/mol. The molecule has 2 aromatic heterocycles. The Bertz CT molecular complexity index is 601. The van der Waals surface area contributed by atoms with E-state index in [4.69, 9.17) is 4.42 Å². The molecule has 2 N–H and O–H groups in total. The number of aromatic nitrogens is 2. The lowest BCUT2D eigenvalue weighted by atomic mass is 10.3. The van der Waals surface area contributed by atoms with E-state index in [1.807, 2.05) is 0 Å². The Hall–Kier alpha value is -2.57. The van der Waals surface area contributed by atoms with Gasteiger partial charge < -0.3 is 15.1 Å². The van der Waals surface area contributed by atoms with Crippen LogP contribution in [0.4, 0.5) is 5.69 Å². The Kier molecular flexibility index (Phi) is 4.19. The summed E-state index contributed by atoms with van der Waals surface area (Å²) in [7, 11) is 1.64. The van der Waals surface area contributed by atoms with Crippen molar-refractivity contribution in [3.8, 4) is 0 Å². The zero-order chi connectivity index (χ0) is 14.5. The van der Waals surface area contributed by atoms with Crippen molar-refractivity contribution in [2.45, 2.75) is 19.9 Å². The minimum Gasteiger partial charge on any atom is -0.467 e. The summed E-state index contributed by atoms with van der Waals surface area (Å²) in [6, 6.07) is 3.52. The third kappa shape index (κ3) is 3.05. The molecule has 2 heterocycles. The van der Waals surface area contributed by atoms with Gasteiger partial charge in [-0.2, -0.15) is 5.10 Å². The van der Waals surface area contributed by atoms with Crippen molar-refractivity contribution in [1.82, 2.24) is 15.1 Å². The topological polar surface area (TPSA) is 89.2 Å². The molecule has 0 bridgehead atoms. The molecule has 0 spiro atoms. The molecule has 0 aliphatic carbocycles. The van der Waals surface area contributed by atoms with E-state index in [1.54, 1.807) is 32.4 Å². The van der Waals surface area contributed by atoms with Gasteiger partial charge in [-0.15, -0.1) is 0 Å². The summed E-state index contributed by atoms with van der Waals surface area (Å²) in [5.41, 5.74) is 0.703. The molecule has 0 aliphatic rings. The Morgan fingerprint density at radius 1 is 1.45 bits per heavy atom. The van der Waals surface area contributed by atoms with Gasteiger partial charge in [-0.25, -0.2) is 0 Å². The zero-order valence-corrected chi connectivity index (χ0v) is 11.3. The van der Waals surface area contributed by atoms with Gasteiger partial charge in [0.1, 0.15) is 11.5 Å². The van der Waals surface area contributed by atoms with E-state index in [0.29, 0.717) is 23.6 Å². The first-order valence-corrected chi connectivity index (χ1v) is 6.24. The third-order valence-electron chi connectivity index (χ3n) is 2.75. The van der Waals surface area contributed by atoms with E-state index < -0.39 is 0 Å². The van der Waals surface area contributed by atoms with Crippen molar-refractivity contribution in [3.63, 3.8) is 0 Å². The van der Waals surface area contributed by atoms with Crippen LogP contribution in [0.15, 0.2) is 29.0 Å².